The summed E-state index contributed by atoms with van der Waals surface area (Å²) < 4.78 is 2.70. The van der Waals surface area contributed by atoms with E-state index in [1.54, 1.807) is 17.1 Å². The normalized spacial score (nSPS) is 10.6. The molecule has 2 N–H and O–H groups in total. The Morgan fingerprint density at radius 3 is 2.87 bits per heavy atom. The van der Waals surface area contributed by atoms with Gasteiger partial charge in [-0.3, -0.25) is 0 Å². The lowest BCUT2D eigenvalue weighted by Crippen LogP contribution is -2.05. The van der Waals surface area contributed by atoms with Crippen molar-refractivity contribution in [2.24, 2.45) is 5.73 Å². The first-order chi connectivity index (χ1) is 7.22. The summed E-state index contributed by atoms with van der Waals surface area (Å²) in [4.78, 5) is 0. The largest absolute Gasteiger partial charge is 0.326 e. The van der Waals surface area contributed by atoms with Gasteiger partial charge in [-0.05, 0) is 12.1 Å². The molecule has 0 atom stereocenters. The Bertz CT molecular complexity index is 481. The molecule has 1 aromatic heterocycles. The van der Waals surface area contributed by atoms with Crippen molar-refractivity contribution in [1.29, 1.82) is 0 Å². The molecule has 5 heteroatoms. The molecular weight excluding hydrogens is 277 g/mol. The summed E-state index contributed by atoms with van der Waals surface area (Å²) in [6.07, 6.45) is 3.35. The average molecular weight is 287 g/mol. The van der Waals surface area contributed by atoms with E-state index in [4.69, 9.17) is 17.3 Å². The second-order valence-corrected chi connectivity index (χ2v) is 4.34. The monoisotopic (exact) mass is 285 g/mol. The minimum Gasteiger partial charge on any atom is -0.326 e. The van der Waals surface area contributed by atoms with Crippen molar-refractivity contribution in [2.75, 3.05) is 0 Å². The summed E-state index contributed by atoms with van der Waals surface area (Å²) in [7, 11) is 0. The Kier molecular flexibility index (Phi) is 3.09. The Hall–Kier alpha value is -0.840. The molecule has 0 saturated carbocycles. The van der Waals surface area contributed by atoms with Crippen molar-refractivity contribution in [2.45, 2.75) is 6.54 Å². The molecule has 0 radical (unpaired) electrons. The molecule has 78 valence electrons. The van der Waals surface area contributed by atoms with Gasteiger partial charge in [0.25, 0.3) is 0 Å². The molecule has 2 rings (SSSR count). The molecule has 0 fully saturated rings. The first kappa shape index (κ1) is 10.7. The maximum Gasteiger partial charge on any atom is 0.0790 e. The lowest BCUT2D eigenvalue weighted by molar-refractivity contribution is 0.856. The molecule has 2 aromatic rings. The summed E-state index contributed by atoms with van der Waals surface area (Å²) in [6, 6.07) is 5.85. The maximum atomic E-state index is 5.82. The van der Waals surface area contributed by atoms with Crippen LogP contribution in [0.4, 0.5) is 0 Å². The predicted octanol–water partition coefficient (Wildman–Crippen LogP) is 2.75. The zero-order chi connectivity index (χ0) is 10.8. The van der Waals surface area contributed by atoms with Crippen LogP contribution in [0, 0.1) is 0 Å². The van der Waals surface area contributed by atoms with Gasteiger partial charge in [-0.2, -0.15) is 5.10 Å². The molecule has 0 aliphatic rings. The van der Waals surface area contributed by atoms with Gasteiger partial charge in [0, 0.05) is 22.8 Å². The third-order valence-corrected chi connectivity index (χ3v) is 3.03. The van der Waals surface area contributed by atoms with E-state index in [1.807, 2.05) is 18.2 Å². The van der Waals surface area contributed by atoms with E-state index in [0.717, 1.165) is 15.7 Å². The lowest BCUT2D eigenvalue weighted by Gasteiger charge is -2.09. The molecule has 3 nitrogen and oxygen atoms in total. The fourth-order valence-corrected chi connectivity index (χ4v) is 2.05. The van der Waals surface area contributed by atoms with E-state index in [-0.39, 0.29) is 0 Å². The third-order valence-electron chi connectivity index (χ3n) is 2.10. The maximum absolute atomic E-state index is 5.82. The van der Waals surface area contributed by atoms with Gasteiger partial charge in [0.15, 0.2) is 0 Å². The lowest BCUT2D eigenvalue weighted by atomic mass is 10.2. The number of aromatic nitrogens is 2. The molecule has 1 aromatic carbocycles. The second-order valence-electron chi connectivity index (χ2n) is 3.04. The van der Waals surface area contributed by atoms with Crippen LogP contribution in [0.3, 0.4) is 0 Å². The minimum atomic E-state index is 0.453. The van der Waals surface area contributed by atoms with E-state index in [1.165, 1.54) is 0 Å². The SMILES string of the molecule is NCc1c(Br)cccc1-n1cc(Cl)cn1. The van der Waals surface area contributed by atoms with Crippen molar-refractivity contribution in [3.05, 3.63) is 45.7 Å². The van der Waals surface area contributed by atoms with Gasteiger partial charge in [-0.25, -0.2) is 4.68 Å². The molecule has 0 amide bonds. The number of halogens is 2. The molecule has 0 spiro atoms. The van der Waals surface area contributed by atoms with Crippen LogP contribution in [0.5, 0.6) is 0 Å². The quantitative estimate of drug-likeness (QED) is 0.922. The summed E-state index contributed by atoms with van der Waals surface area (Å²) >= 11 is 9.28. The average Bonchev–Trinajstić information content (AvgIpc) is 2.64. The summed E-state index contributed by atoms with van der Waals surface area (Å²) in [5, 5.41) is 4.75. The van der Waals surface area contributed by atoms with Crippen LogP contribution < -0.4 is 5.73 Å². The van der Waals surface area contributed by atoms with Gasteiger partial charge < -0.3 is 5.73 Å². The van der Waals surface area contributed by atoms with Crippen LogP contribution in [0.2, 0.25) is 5.02 Å². The number of nitrogens with zero attached hydrogens (tertiary/aromatic N) is 2. The summed E-state index contributed by atoms with van der Waals surface area (Å²) in [5.74, 6) is 0. The molecule has 0 aliphatic heterocycles. The highest BCUT2D eigenvalue weighted by Gasteiger charge is 2.07. The molecule has 0 saturated heterocycles. The van der Waals surface area contributed by atoms with Crippen LogP contribution in [0.25, 0.3) is 5.69 Å². The third kappa shape index (κ3) is 2.07. The molecule has 0 aliphatic carbocycles. The van der Waals surface area contributed by atoms with Crippen LogP contribution in [-0.4, -0.2) is 9.78 Å². The number of nitrogens with two attached hydrogens (primary N) is 1. The Labute approximate surface area is 101 Å². The Balaban J connectivity index is 2.57. The second kappa shape index (κ2) is 4.35. The summed E-state index contributed by atoms with van der Waals surface area (Å²) in [6.45, 7) is 0.453. The van der Waals surface area contributed by atoms with Crippen LogP contribution in [-0.2, 0) is 6.54 Å². The summed E-state index contributed by atoms with van der Waals surface area (Å²) in [5.41, 5.74) is 7.65. The van der Waals surface area contributed by atoms with Crippen molar-refractivity contribution in [3.63, 3.8) is 0 Å². The van der Waals surface area contributed by atoms with Crippen molar-refractivity contribution >= 4 is 27.5 Å². The first-order valence-corrected chi connectivity index (χ1v) is 5.57. The van der Waals surface area contributed by atoms with Crippen molar-refractivity contribution in [3.8, 4) is 5.69 Å². The van der Waals surface area contributed by atoms with E-state index in [2.05, 4.69) is 21.0 Å². The van der Waals surface area contributed by atoms with E-state index < -0.39 is 0 Å². The van der Waals surface area contributed by atoms with Gasteiger partial charge in [0.2, 0.25) is 0 Å². The standard InChI is InChI=1S/C10H9BrClN3/c11-9-2-1-3-10(8(9)4-13)15-6-7(12)5-14-15/h1-3,5-6H,4,13H2. The van der Waals surface area contributed by atoms with Crippen molar-refractivity contribution < 1.29 is 0 Å². The van der Waals surface area contributed by atoms with E-state index in [9.17, 15) is 0 Å². The molecule has 15 heavy (non-hydrogen) atoms. The highest BCUT2D eigenvalue weighted by molar-refractivity contribution is 9.10. The Morgan fingerprint density at radius 2 is 2.27 bits per heavy atom. The molecule has 1 heterocycles. The highest BCUT2D eigenvalue weighted by atomic mass is 79.9. The van der Waals surface area contributed by atoms with Crippen molar-refractivity contribution in [1.82, 2.24) is 9.78 Å². The zero-order valence-electron chi connectivity index (χ0n) is 7.82. The fraction of sp³-hybridized carbons (Fsp3) is 0.100. The molecule has 0 unspecified atom stereocenters. The number of benzene rings is 1. The topological polar surface area (TPSA) is 43.8 Å². The van der Waals surface area contributed by atoms with E-state index >= 15 is 0 Å². The van der Waals surface area contributed by atoms with Crippen LogP contribution in [0.15, 0.2) is 35.1 Å². The molecular formula is C10H9BrClN3. The van der Waals surface area contributed by atoms with Gasteiger partial charge in [0.1, 0.15) is 0 Å². The van der Waals surface area contributed by atoms with Gasteiger partial charge in [0.05, 0.1) is 16.9 Å². The number of hydrogen-bond acceptors (Lipinski definition) is 2. The smallest absolute Gasteiger partial charge is 0.0790 e. The zero-order valence-corrected chi connectivity index (χ0v) is 10.2. The predicted molar refractivity (Wildman–Crippen MR) is 64.2 cm³/mol. The van der Waals surface area contributed by atoms with Crippen LogP contribution in [0.1, 0.15) is 5.56 Å². The van der Waals surface area contributed by atoms with Crippen LogP contribution >= 0.6 is 27.5 Å². The number of rotatable bonds is 2. The van der Waals surface area contributed by atoms with Gasteiger partial charge >= 0.3 is 0 Å². The number of hydrogen-bond donors (Lipinski definition) is 1. The fourth-order valence-electron chi connectivity index (χ4n) is 1.40. The highest BCUT2D eigenvalue weighted by Crippen LogP contribution is 2.23. The molecule has 0 bridgehead atoms. The van der Waals surface area contributed by atoms with E-state index in [0.29, 0.717) is 11.6 Å². The van der Waals surface area contributed by atoms with Gasteiger partial charge in [-0.1, -0.05) is 33.6 Å². The first-order valence-electron chi connectivity index (χ1n) is 4.40. The van der Waals surface area contributed by atoms with Gasteiger partial charge in [-0.15, -0.1) is 0 Å². The minimum absolute atomic E-state index is 0.453. The Morgan fingerprint density at radius 1 is 1.47 bits per heavy atom.